The van der Waals surface area contributed by atoms with E-state index >= 15 is 0 Å². The van der Waals surface area contributed by atoms with Crippen molar-refractivity contribution in [3.05, 3.63) is 10.6 Å². The van der Waals surface area contributed by atoms with E-state index in [0.29, 0.717) is 0 Å². The van der Waals surface area contributed by atoms with Crippen molar-refractivity contribution in [3.8, 4) is 0 Å². The summed E-state index contributed by atoms with van der Waals surface area (Å²) < 4.78 is 25.8. The molecule has 6 nitrogen and oxygen atoms in total. The number of hydrogen-bond donors (Lipinski definition) is 2. The summed E-state index contributed by atoms with van der Waals surface area (Å²) in [6, 6.07) is 0.0774. The summed E-state index contributed by atoms with van der Waals surface area (Å²) in [6.07, 6.45) is 3.83. The fraction of sp³-hybridized carbons (Fsp3) is 0.500. The van der Waals surface area contributed by atoms with Crippen LogP contribution in [0, 0.1) is 0 Å². The molecule has 0 saturated heterocycles. The topological polar surface area (TPSA) is 102 Å². The number of rotatable bonds is 2. The zero-order chi connectivity index (χ0) is 11.1. The molecule has 1 amide bonds. The summed E-state index contributed by atoms with van der Waals surface area (Å²) >= 11 is 0. The average molecular weight is 229 g/mol. The van der Waals surface area contributed by atoms with E-state index in [9.17, 15) is 13.2 Å². The molecule has 0 spiro atoms. The Morgan fingerprint density at radius 2 is 2.20 bits per heavy atom. The van der Waals surface area contributed by atoms with Gasteiger partial charge in [0.1, 0.15) is 0 Å². The molecule has 0 unspecified atom stereocenters. The van der Waals surface area contributed by atoms with E-state index in [4.69, 9.17) is 5.73 Å². The van der Waals surface area contributed by atoms with Crippen molar-refractivity contribution in [2.24, 2.45) is 10.1 Å². The Morgan fingerprint density at radius 3 is 2.60 bits per heavy atom. The highest BCUT2D eigenvalue weighted by Crippen LogP contribution is 2.21. The Morgan fingerprint density at radius 1 is 1.53 bits per heavy atom. The average Bonchev–Trinajstić information content (AvgIpc) is 2.33. The van der Waals surface area contributed by atoms with Gasteiger partial charge in [0.25, 0.3) is 15.9 Å². The van der Waals surface area contributed by atoms with Crippen LogP contribution in [-0.4, -0.2) is 26.6 Å². The Hall–Kier alpha value is -1.37. The molecule has 0 bridgehead atoms. The first kappa shape index (κ1) is 10.2. The summed E-state index contributed by atoms with van der Waals surface area (Å²) in [5, 5.41) is 2.61. The van der Waals surface area contributed by atoms with Crippen LogP contribution in [-0.2, 0) is 14.8 Å². The Kier molecular flexibility index (Phi) is 2.26. The van der Waals surface area contributed by atoms with Crippen LogP contribution in [0.5, 0.6) is 0 Å². The van der Waals surface area contributed by atoms with E-state index in [0.717, 1.165) is 25.5 Å². The molecule has 2 rings (SSSR count). The van der Waals surface area contributed by atoms with Crippen LogP contribution in [0.2, 0.25) is 0 Å². The van der Waals surface area contributed by atoms with Crippen molar-refractivity contribution in [2.75, 3.05) is 0 Å². The van der Waals surface area contributed by atoms with Crippen molar-refractivity contribution in [2.45, 2.75) is 25.3 Å². The number of carbonyl (C=O) groups is 1. The second-order valence-corrected chi connectivity index (χ2v) is 5.16. The summed E-state index contributed by atoms with van der Waals surface area (Å²) in [4.78, 5) is 11.1. The standard InChI is InChI=1S/C8H11N3O3S/c9-6-4-10-15(13,14)7(6)8(12)11-5-2-1-3-5/h4-5H,1-3,9H2,(H,11,12). The molecule has 0 aromatic carbocycles. The number of nitrogens with zero attached hydrogens (tertiary/aromatic N) is 1. The molecule has 0 aromatic heterocycles. The van der Waals surface area contributed by atoms with Crippen molar-refractivity contribution < 1.29 is 13.2 Å². The van der Waals surface area contributed by atoms with E-state index in [1.165, 1.54) is 0 Å². The first-order valence-corrected chi connectivity index (χ1v) is 6.05. The van der Waals surface area contributed by atoms with Crippen molar-refractivity contribution in [1.82, 2.24) is 5.32 Å². The highest BCUT2D eigenvalue weighted by Gasteiger charge is 2.33. The first-order valence-electron chi connectivity index (χ1n) is 4.61. The van der Waals surface area contributed by atoms with Gasteiger partial charge in [-0.1, -0.05) is 0 Å². The monoisotopic (exact) mass is 229 g/mol. The van der Waals surface area contributed by atoms with Crippen LogP contribution < -0.4 is 11.1 Å². The molecule has 15 heavy (non-hydrogen) atoms. The smallest absolute Gasteiger partial charge is 0.289 e. The SMILES string of the molecule is NC1=C(C(=O)NC2CCC2)S(=O)(=O)N=C1. The molecule has 1 aliphatic carbocycles. The largest absolute Gasteiger partial charge is 0.396 e. The summed E-state index contributed by atoms with van der Waals surface area (Å²) in [5.74, 6) is -0.644. The summed E-state index contributed by atoms with van der Waals surface area (Å²) in [6.45, 7) is 0. The van der Waals surface area contributed by atoms with Crippen LogP contribution in [0.4, 0.5) is 0 Å². The lowest BCUT2D eigenvalue weighted by Gasteiger charge is -2.26. The minimum atomic E-state index is -3.85. The van der Waals surface area contributed by atoms with Gasteiger partial charge < -0.3 is 11.1 Å². The normalized spacial score (nSPS) is 24.0. The number of sulfonamides is 1. The fourth-order valence-electron chi connectivity index (χ4n) is 1.44. The molecule has 0 aromatic rings. The van der Waals surface area contributed by atoms with E-state index in [1.54, 1.807) is 0 Å². The minimum Gasteiger partial charge on any atom is -0.396 e. The third-order valence-electron chi connectivity index (χ3n) is 2.50. The van der Waals surface area contributed by atoms with Gasteiger partial charge in [0.05, 0.1) is 11.9 Å². The first-order chi connectivity index (χ1) is 7.00. The van der Waals surface area contributed by atoms with Gasteiger partial charge in [0.2, 0.25) is 0 Å². The molecule has 2 aliphatic rings. The summed E-state index contributed by atoms with van der Waals surface area (Å²) in [5.41, 5.74) is 5.29. The third-order valence-corrected chi connectivity index (χ3v) is 3.82. The lowest BCUT2D eigenvalue weighted by molar-refractivity contribution is -0.118. The molecule has 0 atom stereocenters. The molecule has 3 N–H and O–H groups in total. The fourth-order valence-corrected chi connectivity index (χ4v) is 2.44. The van der Waals surface area contributed by atoms with Crippen LogP contribution in [0.15, 0.2) is 15.0 Å². The molecule has 7 heteroatoms. The maximum atomic E-state index is 11.6. The van der Waals surface area contributed by atoms with Gasteiger partial charge in [-0.05, 0) is 19.3 Å². The van der Waals surface area contributed by atoms with Gasteiger partial charge in [-0.25, -0.2) is 0 Å². The second-order valence-electron chi connectivity index (χ2n) is 3.60. The predicted molar refractivity (Wildman–Crippen MR) is 54.4 cm³/mol. The van der Waals surface area contributed by atoms with E-state index in [2.05, 4.69) is 9.71 Å². The Labute approximate surface area is 87.3 Å². The van der Waals surface area contributed by atoms with Crippen molar-refractivity contribution >= 4 is 22.1 Å². The van der Waals surface area contributed by atoms with Crippen LogP contribution in [0.25, 0.3) is 0 Å². The second kappa shape index (κ2) is 3.34. The third kappa shape index (κ3) is 1.74. The lowest BCUT2D eigenvalue weighted by Crippen LogP contribution is -2.41. The van der Waals surface area contributed by atoms with Crippen molar-refractivity contribution in [3.63, 3.8) is 0 Å². The van der Waals surface area contributed by atoms with Gasteiger partial charge in [-0.15, -0.1) is 0 Å². The molecule has 0 radical (unpaired) electrons. The van der Waals surface area contributed by atoms with Gasteiger partial charge in [0.15, 0.2) is 4.91 Å². The maximum absolute atomic E-state index is 11.6. The number of hydrogen-bond acceptors (Lipinski definition) is 4. The zero-order valence-electron chi connectivity index (χ0n) is 7.93. The summed E-state index contributed by atoms with van der Waals surface area (Å²) in [7, 11) is -3.85. The van der Waals surface area contributed by atoms with Gasteiger partial charge >= 0.3 is 0 Å². The molecular formula is C8H11N3O3S. The molecule has 1 heterocycles. The van der Waals surface area contributed by atoms with E-state index < -0.39 is 20.8 Å². The van der Waals surface area contributed by atoms with Gasteiger partial charge in [-0.3, -0.25) is 4.79 Å². The molecular weight excluding hydrogens is 218 g/mol. The lowest BCUT2D eigenvalue weighted by atomic mass is 9.93. The van der Waals surface area contributed by atoms with Crippen LogP contribution in [0.3, 0.4) is 0 Å². The Bertz CT molecular complexity index is 460. The maximum Gasteiger partial charge on any atom is 0.289 e. The highest BCUT2D eigenvalue weighted by molar-refractivity contribution is 7.95. The molecule has 1 aliphatic heterocycles. The van der Waals surface area contributed by atoms with Gasteiger partial charge in [0, 0.05) is 6.04 Å². The quantitative estimate of drug-likeness (QED) is 0.649. The highest BCUT2D eigenvalue weighted by atomic mass is 32.2. The number of amides is 1. The molecule has 1 fully saturated rings. The molecule has 1 saturated carbocycles. The molecule has 82 valence electrons. The zero-order valence-corrected chi connectivity index (χ0v) is 8.75. The number of nitrogens with two attached hydrogens (primary N) is 1. The van der Waals surface area contributed by atoms with Crippen molar-refractivity contribution in [1.29, 1.82) is 0 Å². The number of nitrogens with one attached hydrogen (secondary N) is 1. The van der Waals surface area contributed by atoms with E-state index in [-0.39, 0.29) is 11.7 Å². The number of allylic oxidation sites excluding steroid dienone is 1. The van der Waals surface area contributed by atoms with Gasteiger partial charge in [-0.2, -0.15) is 12.8 Å². The predicted octanol–water partition coefficient (Wildman–Crippen LogP) is -0.760. The Balaban J connectivity index is 2.17. The van der Waals surface area contributed by atoms with Crippen LogP contribution in [0.1, 0.15) is 19.3 Å². The van der Waals surface area contributed by atoms with E-state index in [1.807, 2.05) is 0 Å². The minimum absolute atomic E-state index is 0.0774. The number of carbonyl (C=O) groups excluding carboxylic acids is 1. The van der Waals surface area contributed by atoms with Crippen LogP contribution >= 0.6 is 0 Å².